The van der Waals surface area contributed by atoms with E-state index in [2.05, 4.69) is 10.5 Å². The van der Waals surface area contributed by atoms with Gasteiger partial charge in [-0.25, -0.2) is 13.6 Å². The number of carbonyl (C=O) groups excluding carboxylic acids is 2. The summed E-state index contributed by atoms with van der Waals surface area (Å²) in [6.45, 7) is 2.96. The van der Waals surface area contributed by atoms with E-state index in [1.54, 1.807) is 6.92 Å². The van der Waals surface area contributed by atoms with Crippen LogP contribution in [0.5, 0.6) is 0 Å². The fourth-order valence-electron chi connectivity index (χ4n) is 1.61. The first-order chi connectivity index (χ1) is 10.3. The molecular formula is C14H12F2N2O4. The van der Waals surface area contributed by atoms with Gasteiger partial charge in [0.15, 0.2) is 11.9 Å². The van der Waals surface area contributed by atoms with Gasteiger partial charge in [-0.2, -0.15) is 0 Å². The average molecular weight is 310 g/mol. The number of ether oxygens (including phenoxy) is 1. The maximum absolute atomic E-state index is 13.0. The number of carbonyl (C=O) groups is 2. The first kappa shape index (κ1) is 15.6. The Labute approximate surface area is 124 Å². The van der Waals surface area contributed by atoms with E-state index in [1.165, 1.54) is 13.0 Å². The number of nitrogens with zero attached hydrogens (tertiary/aromatic N) is 1. The van der Waals surface area contributed by atoms with Crippen molar-refractivity contribution < 1.29 is 27.6 Å². The minimum Gasteiger partial charge on any atom is -0.449 e. The fraction of sp³-hybridized carbons (Fsp3) is 0.214. The first-order valence-electron chi connectivity index (χ1n) is 6.26. The zero-order valence-corrected chi connectivity index (χ0v) is 11.7. The number of aromatic nitrogens is 1. The van der Waals surface area contributed by atoms with Gasteiger partial charge in [-0.3, -0.25) is 4.79 Å². The monoisotopic (exact) mass is 310 g/mol. The number of halogens is 2. The molecule has 1 atom stereocenters. The number of esters is 1. The minimum atomic E-state index is -1.18. The predicted octanol–water partition coefficient (Wildman–Crippen LogP) is 2.45. The summed E-state index contributed by atoms with van der Waals surface area (Å²) in [4.78, 5) is 23.6. The van der Waals surface area contributed by atoms with Crippen molar-refractivity contribution in [3.63, 3.8) is 0 Å². The molecule has 1 amide bonds. The van der Waals surface area contributed by atoms with E-state index < -0.39 is 29.6 Å². The van der Waals surface area contributed by atoms with Crippen LogP contribution < -0.4 is 5.32 Å². The molecule has 0 spiro atoms. The molecule has 0 radical (unpaired) electrons. The van der Waals surface area contributed by atoms with Gasteiger partial charge in [-0.15, -0.1) is 0 Å². The molecule has 0 bridgehead atoms. The molecule has 1 aromatic carbocycles. The predicted molar refractivity (Wildman–Crippen MR) is 71.1 cm³/mol. The van der Waals surface area contributed by atoms with Crippen LogP contribution in [0.1, 0.15) is 23.0 Å². The molecule has 22 heavy (non-hydrogen) atoms. The SMILES string of the molecule is Cc1cc(NC(=O)[C@@H](C)OC(=O)c2cc(F)cc(F)c2)no1. The first-order valence-corrected chi connectivity index (χ1v) is 6.26. The Bertz CT molecular complexity index is 694. The highest BCUT2D eigenvalue weighted by Crippen LogP contribution is 2.12. The third kappa shape index (κ3) is 3.87. The molecule has 1 heterocycles. The highest BCUT2D eigenvalue weighted by Gasteiger charge is 2.20. The van der Waals surface area contributed by atoms with Crippen LogP contribution in [0.15, 0.2) is 28.8 Å². The van der Waals surface area contributed by atoms with Gasteiger partial charge < -0.3 is 14.6 Å². The molecule has 6 nitrogen and oxygen atoms in total. The molecule has 0 saturated carbocycles. The maximum Gasteiger partial charge on any atom is 0.339 e. The van der Waals surface area contributed by atoms with Crippen LogP contribution in [0, 0.1) is 18.6 Å². The lowest BCUT2D eigenvalue weighted by atomic mass is 10.2. The van der Waals surface area contributed by atoms with Gasteiger partial charge in [-0.1, -0.05) is 5.16 Å². The van der Waals surface area contributed by atoms with E-state index >= 15 is 0 Å². The smallest absolute Gasteiger partial charge is 0.339 e. The van der Waals surface area contributed by atoms with Crippen LogP contribution in [-0.4, -0.2) is 23.1 Å². The maximum atomic E-state index is 13.0. The lowest BCUT2D eigenvalue weighted by Crippen LogP contribution is -2.30. The molecular weight excluding hydrogens is 298 g/mol. The summed E-state index contributed by atoms with van der Waals surface area (Å²) in [7, 11) is 0. The van der Waals surface area contributed by atoms with Crippen molar-refractivity contribution in [1.82, 2.24) is 5.16 Å². The van der Waals surface area contributed by atoms with Gasteiger partial charge >= 0.3 is 5.97 Å². The van der Waals surface area contributed by atoms with E-state index in [0.717, 1.165) is 12.1 Å². The quantitative estimate of drug-likeness (QED) is 0.877. The fourth-order valence-corrected chi connectivity index (χ4v) is 1.61. The number of rotatable bonds is 4. The zero-order valence-electron chi connectivity index (χ0n) is 11.7. The highest BCUT2D eigenvalue weighted by molar-refractivity contribution is 5.96. The Hall–Kier alpha value is -2.77. The third-order valence-electron chi connectivity index (χ3n) is 2.63. The van der Waals surface area contributed by atoms with E-state index in [1.807, 2.05) is 0 Å². The summed E-state index contributed by atoms with van der Waals surface area (Å²) in [5.41, 5.74) is -0.325. The normalized spacial score (nSPS) is 11.8. The van der Waals surface area contributed by atoms with Gasteiger partial charge in [-0.05, 0) is 26.0 Å². The van der Waals surface area contributed by atoms with E-state index in [0.29, 0.717) is 11.8 Å². The zero-order chi connectivity index (χ0) is 16.3. The van der Waals surface area contributed by atoms with Crippen LogP contribution in [0.25, 0.3) is 0 Å². The number of aryl methyl sites for hydroxylation is 1. The van der Waals surface area contributed by atoms with Crippen LogP contribution in [0.3, 0.4) is 0 Å². The summed E-state index contributed by atoms with van der Waals surface area (Å²) in [5, 5.41) is 5.92. The van der Waals surface area contributed by atoms with Gasteiger partial charge in [0, 0.05) is 12.1 Å². The van der Waals surface area contributed by atoms with Crippen molar-refractivity contribution in [2.24, 2.45) is 0 Å². The second-order valence-corrected chi connectivity index (χ2v) is 4.52. The molecule has 1 N–H and O–H groups in total. The molecule has 2 rings (SSSR count). The second-order valence-electron chi connectivity index (χ2n) is 4.52. The summed E-state index contributed by atoms with van der Waals surface area (Å²) in [6, 6.07) is 3.74. The number of hydrogen-bond acceptors (Lipinski definition) is 5. The topological polar surface area (TPSA) is 81.4 Å². The summed E-state index contributed by atoms with van der Waals surface area (Å²) in [6.07, 6.45) is -1.18. The molecule has 1 aromatic heterocycles. The molecule has 8 heteroatoms. The number of benzene rings is 1. The number of amides is 1. The molecule has 0 saturated heterocycles. The van der Waals surface area contributed by atoms with E-state index in [4.69, 9.17) is 9.26 Å². The molecule has 0 aliphatic rings. The van der Waals surface area contributed by atoms with Crippen molar-refractivity contribution in [3.05, 3.63) is 47.2 Å². The van der Waals surface area contributed by atoms with Crippen LogP contribution in [0.4, 0.5) is 14.6 Å². The van der Waals surface area contributed by atoms with Crippen molar-refractivity contribution in [3.8, 4) is 0 Å². The third-order valence-corrected chi connectivity index (χ3v) is 2.63. The van der Waals surface area contributed by atoms with E-state index in [-0.39, 0.29) is 11.4 Å². The van der Waals surface area contributed by atoms with Crippen LogP contribution >= 0.6 is 0 Å². The molecule has 0 unspecified atom stereocenters. The van der Waals surface area contributed by atoms with E-state index in [9.17, 15) is 18.4 Å². The Morgan fingerprint density at radius 2 is 1.86 bits per heavy atom. The Balaban J connectivity index is 1.99. The number of nitrogens with one attached hydrogen (secondary N) is 1. The van der Waals surface area contributed by atoms with Gasteiger partial charge in [0.1, 0.15) is 17.4 Å². The Kier molecular flexibility index (Phi) is 4.50. The van der Waals surface area contributed by atoms with Crippen LogP contribution in [-0.2, 0) is 9.53 Å². The highest BCUT2D eigenvalue weighted by atomic mass is 19.1. The molecule has 0 aliphatic heterocycles. The summed E-state index contributed by atoms with van der Waals surface area (Å²) < 4.78 is 35.7. The molecule has 0 fully saturated rings. The van der Waals surface area contributed by atoms with Crippen molar-refractivity contribution in [1.29, 1.82) is 0 Å². The van der Waals surface area contributed by atoms with Gasteiger partial charge in [0.05, 0.1) is 5.56 Å². The van der Waals surface area contributed by atoms with Crippen LogP contribution in [0.2, 0.25) is 0 Å². The standard InChI is InChI=1S/C14H12F2N2O4/c1-7-3-12(18-22-7)17-13(19)8(2)21-14(20)9-4-10(15)6-11(16)5-9/h3-6,8H,1-2H3,(H,17,18,19)/t8-/m1/s1. The lowest BCUT2D eigenvalue weighted by molar-refractivity contribution is -0.123. The van der Waals surface area contributed by atoms with Crippen molar-refractivity contribution in [2.45, 2.75) is 20.0 Å². The molecule has 0 aliphatic carbocycles. The summed E-state index contributed by atoms with van der Waals surface area (Å²) in [5.74, 6) is -2.84. The van der Waals surface area contributed by atoms with Gasteiger partial charge in [0.2, 0.25) is 0 Å². The Morgan fingerprint density at radius 3 is 2.41 bits per heavy atom. The largest absolute Gasteiger partial charge is 0.449 e. The van der Waals surface area contributed by atoms with Gasteiger partial charge in [0.25, 0.3) is 5.91 Å². The average Bonchev–Trinajstić information content (AvgIpc) is 2.82. The molecule has 116 valence electrons. The summed E-state index contributed by atoms with van der Waals surface area (Å²) >= 11 is 0. The second kappa shape index (κ2) is 6.33. The Morgan fingerprint density at radius 1 is 1.23 bits per heavy atom. The number of anilines is 1. The lowest BCUT2D eigenvalue weighted by Gasteiger charge is -2.12. The van der Waals surface area contributed by atoms with Crippen molar-refractivity contribution >= 4 is 17.7 Å². The number of hydrogen-bond donors (Lipinski definition) is 1. The minimum absolute atomic E-state index is 0.169. The van der Waals surface area contributed by atoms with Crippen molar-refractivity contribution in [2.75, 3.05) is 5.32 Å². The molecule has 2 aromatic rings.